The Morgan fingerprint density at radius 2 is 2.15 bits per heavy atom. The summed E-state index contributed by atoms with van der Waals surface area (Å²) in [5.74, 6) is 0.678. The van der Waals surface area contributed by atoms with Crippen LogP contribution in [-0.2, 0) is 6.54 Å². The highest BCUT2D eigenvalue weighted by Crippen LogP contribution is 2.23. The standard InChI is InChI=1S/C15H19N3O2/c1-10(2)14-13(11(3)17-20-14)15(19)18(4)9-12-7-5-6-8-16-12/h5-8,10H,9H2,1-4H3. The monoisotopic (exact) mass is 273 g/mol. The zero-order valence-corrected chi connectivity index (χ0v) is 12.3. The number of hydrogen-bond acceptors (Lipinski definition) is 4. The maximum atomic E-state index is 12.6. The lowest BCUT2D eigenvalue weighted by Gasteiger charge is -2.17. The molecule has 0 bridgehead atoms. The highest BCUT2D eigenvalue weighted by molar-refractivity contribution is 5.96. The van der Waals surface area contributed by atoms with Crippen LogP contribution in [0.5, 0.6) is 0 Å². The van der Waals surface area contributed by atoms with Crippen LogP contribution < -0.4 is 0 Å². The lowest BCUT2D eigenvalue weighted by Crippen LogP contribution is -2.27. The van der Waals surface area contributed by atoms with Crippen LogP contribution in [0.1, 0.15) is 47.3 Å². The van der Waals surface area contributed by atoms with Crippen LogP contribution in [-0.4, -0.2) is 28.0 Å². The fourth-order valence-corrected chi connectivity index (χ4v) is 2.04. The van der Waals surface area contributed by atoms with E-state index in [-0.39, 0.29) is 11.8 Å². The van der Waals surface area contributed by atoms with Crippen LogP contribution in [0.25, 0.3) is 0 Å². The molecule has 106 valence electrons. The Morgan fingerprint density at radius 1 is 1.40 bits per heavy atom. The molecule has 1 amide bonds. The minimum Gasteiger partial charge on any atom is -0.360 e. The predicted molar refractivity (Wildman–Crippen MR) is 75.4 cm³/mol. The molecule has 2 heterocycles. The van der Waals surface area contributed by atoms with E-state index in [1.807, 2.05) is 32.0 Å². The number of pyridine rings is 1. The molecule has 2 aromatic heterocycles. The van der Waals surface area contributed by atoms with Crippen molar-refractivity contribution in [3.05, 3.63) is 47.1 Å². The molecule has 0 atom stereocenters. The van der Waals surface area contributed by atoms with Gasteiger partial charge in [-0.3, -0.25) is 9.78 Å². The molecule has 0 aromatic carbocycles. The minimum absolute atomic E-state index is 0.0851. The van der Waals surface area contributed by atoms with Crippen LogP contribution >= 0.6 is 0 Å². The second-order valence-corrected chi connectivity index (χ2v) is 5.14. The van der Waals surface area contributed by atoms with Crippen molar-refractivity contribution in [2.75, 3.05) is 7.05 Å². The largest absolute Gasteiger partial charge is 0.360 e. The molecule has 0 aliphatic heterocycles. The van der Waals surface area contributed by atoms with Gasteiger partial charge < -0.3 is 9.42 Å². The molecule has 0 saturated carbocycles. The third kappa shape index (κ3) is 2.87. The average Bonchev–Trinajstić information content (AvgIpc) is 2.81. The van der Waals surface area contributed by atoms with E-state index in [4.69, 9.17) is 4.52 Å². The summed E-state index contributed by atoms with van der Waals surface area (Å²) in [6.07, 6.45) is 1.72. The van der Waals surface area contributed by atoms with Gasteiger partial charge in [0.15, 0.2) is 5.76 Å². The molecular weight excluding hydrogens is 254 g/mol. The summed E-state index contributed by atoms with van der Waals surface area (Å²) in [4.78, 5) is 18.4. The molecule has 0 aliphatic rings. The van der Waals surface area contributed by atoms with E-state index in [0.29, 0.717) is 23.6 Å². The quantitative estimate of drug-likeness (QED) is 0.859. The summed E-state index contributed by atoms with van der Waals surface area (Å²) in [5.41, 5.74) is 2.05. The molecule has 20 heavy (non-hydrogen) atoms. The summed E-state index contributed by atoms with van der Waals surface area (Å²) >= 11 is 0. The van der Waals surface area contributed by atoms with Gasteiger partial charge in [-0.05, 0) is 19.1 Å². The summed E-state index contributed by atoms with van der Waals surface area (Å²) in [6.45, 7) is 6.21. The minimum atomic E-state index is -0.0851. The Bertz CT molecular complexity index is 590. The van der Waals surface area contributed by atoms with E-state index in [9.17, 15) is 4.79 Å². The van der Waals surface area contributed by atoms with Crippen LogP contribution in [0.4, 0.5) is 0 Å². The van der Waals surface area contributed by atoms with Gasteiger partial charge in [-0.15, -0.1) is 0 Å². The van der Waals surface area contributed by atoms with Crippen LogP contribution in [0, 0.1) is 6.92 Å². The number of carbonyl (C=O) groups excluding carboxylic acids is 1. The molecule has 0 fully saturated rings. The lowest BCUT2D eigenvalue weighted by molar-refractivity contribution is 0.0780. The maximum absolute atomic E-state index is 12.6. The van der Waals surface area contributed by atoms with Gasteiger partial charge in [0.1, 0.15) is 5.56 Å². The smallest absolute Gasteiger partial charge is 0.259 e. The van der Waals surface area contributed by atoms with Crippen LogP contribution in [0.3, 0.4) is 0 Å². The van der Waals surface area contributed by atoms with E-state index in [2.05, 4.69) is 10.1 Å². The Morgan fingerprint density at radius 3 is 2.75 bits per heavy atom. The number of nitrogens with zero attached hydrogens (tertiary/aromatic N) is 3. The Hall–Kier alpha value is -2.17. The SMILES string of the molecule is Cc1noc(C(C)C)c1C(=O)N(C)Cc1ccccn1. The second-order valence-electron chi connectivity index (χ2n) is 5.14. The van der Waals surface area contributed by atoms with E-state index in [0.717, 1.165) is 5.69 Å². The molecule has 5 nitrogen and oxygen atoms in total. The number of amides is 1. The van der Waals surface area contributed by atoms with Gasteiger partial charge in [0.05, 0.1) is 17.9 Å². The number of carbonyl (C=O) groups is 1. The fourth-order valence-electron chi connectivity index (χ4n) is 2.04. The molecule has 2 rings (SSSR count). The first-order valence-electron chi connectivity index (χ1n) is 6.62. The van der Waals surface area contributed by atoms with Gasteiger partial charge >= 0.3 is 0 Å². The summed E-state index contributed by atoms with van der Waals surface area (Å²) in [6, 6.07) is 5.66. The van der Waals surface area contributed by atoms with Gasteiger partial charge in [0.25, 0.3) is 5.91 Å². The topological polar surface area (TPSA) is 59.2 Å². The number of hydrogen-bond donors (Lipinski definition) is 0. The number of aryl methyl sites for hydroxylation is 1. The van der Waals surface area contributed by atoms with Gasteiger partial charge in [0.2, 0.25) is 0 Å². The van der Waals surface area contributed by atoms with Gasteiger partial charge in [-0.25, -0.2) is 0 Å². The molecule has 2 aromatic rings. The summed E-state index contributed by atoms with van der Waals surface area (Å²) < 4.78 is 5.27. The zero-order chi connectivity index (χ0) is 14.7. The molecular formula is C15H19N3O2. The Kier molecular flexibility index (Phi) is 4.17. The Balaban J connectivity index is 2.21. The van der Waals surface area contributed by atoms with Crippen LogP contribution in [0.15, 0.2) is 28.9 Å². The molecule has 0 radical (unpaired) electrons. The van der Waals surface area contributed by atoms with E-state index in [1.54, 1.807) is 25.1 Å². The van der Waals surface area contributed by atoms with Crippen molar-refractivity contribution in [3.8, 4) is 0 Å². The van der Waals surface area contributed by atoms with Crippen molar-refractivity contribution in [2.24, 2.45) is 0 Å². The summed E-state index contributed by atoms with van der Waals surface area (Å²) in [7, 11) is 1.76. The lowest BCUT2D eigenvalue weighted by atomic mass is 10.0. The van der Waals surface area contributed by atoms with Crippen molar-refractivity contribution >= 4 is 5.91 Å². The summed E-state index contributed by atoms with van der Waals surface area (Å²) in [5, 5.41) is 3.91. The van der Waals surface area contributed by atoms with E-state index >= 15 is 0 Å². The molecule has 5 heteroatoms. The fraction of sp³-hybridized carbons (Fsp3) is 0.400. The Labute approximate surface area is 118 Å². The molecule has 0 aliphatic carbocycles. The predicted octanol–water partition coefficient (Wildman–Crippen LogP) is 2.77. The van der Waals surface area contributed by atoms with Gasteiger partial charge in [-0.1, -0.05) is 25.1 Å². The third-order valence-electron chi connectivity index (χ3n) is 3.10. The van der Waals surface area contributed by atoms with Gasteiger partial charge in [-0.2, -0.15) is 0 Å². The number of rotatable bonds is 4. The van der Waals surface area contributed by atoms with Crippen molar-refractivity contribution in [1.29, 1.82) is 0 Å². The van der Waals surface area contributed by atoms with Gasteiger partial charge in [0, 0.05) is 19.2 Å². The van der Waals surface area contributed by atoms with E-state index < -0.39 is 0 Å². The molecule has 0 spiro atoms. The second kappa shape index (κ2) is 5.86. The maximum Gasteiger partial charge on any atom is 0.259 e. The average molecular weight is 273 g/mol. The van der Waals surface area contributed by atoms with Crippen molar-refractivity contribution < 1.29 is 9.32 Å². The highest BCUT2D eigenvalue weighted by atomic mass is 16.5. The van der Waals surface area contributed by atoms with Crippen molar-refractivity contribution in [1.82, 2.24) is 15.0 Å². The highest BCUT2D eigenvalue weighted by Gasteiger charge is 2.25. The first kappa shape index (κ1) is 14.2. The van der Waals surface area contributed by atoms with Crippen LogP contribution in [0.2, 0.25) is 0 Å². The zero-order valence-electron chi connectivity index (χ0n) is 12.3. The first-order valence-corrected chi connectivity index (χ1v) is 6.62. The molecule has 0 unspecified atom stereocenters. The normalized spacial score (nSPS) is 10.8. The van der Waals surface area contributed by atoms with Crippen molar-refractivity contribution in [3.63, 3.8) is 0 Å². The molecule has 0 N–H and O–H groups in total. The first-order chi connectivity index (χ1) is 9.50. The number of aromatic nitrogens is 2. The van der Waals surface area contributed by atoms with Crippen molar-refractivity contribution in [2.45, 2.75) is 33.2 Å². The molecule has 0 saturated heterocycles. The third-order valence-corrected chi connectivity index (χ3v) is 3.10. The van der Waals surface area contributed by atoms with E-state index in [1.165, 1.54) is 0 Å².